The number of methoxy groups -OCH3 is 1. The van der Waals surface area contributed by atoms with E-state index in [1.807, 2.05) is 47.4 Å². The summed E-state index contributed by atoms with van der Waals surface area (Å²) in [5, 5.41) is 0. The number of benzene rings is 2. The largest absolute Gasteiger partial charge is 0.381 e. The SMILES string of the molecule is COC1CCN(c2ncnc3c2CN(C(=O)c2ccc(-c4ccccc4)cc2)CCC3)CC1. The second kappa shape index (κ2) is 9.71. The van der Waals surface area contributed by atoms with Gasteiger partial charge >= 0.3 is 0 Å². The molecule has 3 aromatic rings. The number of carbonyl (C=O) groups excluding carboxylic acids is 1. The van der Waals surface area contributed by atoms with Crippen molar-refractivity contribution in [3.05, 3.63) is 77.7 Å². The molecule has 2 aliphatic heterocycles. The first-order valence-electron chi connectivity index (χ1n) is 11.8. The van der Waals surface area contributed by atoms with E-state index in [1.165, 1.54) is 0 Å². The maximum atomic E-state index is 13.4. The molecule has 0 aliphatic carbocycles. The summed E-state index contributed by atoms with van der Waals surface area (Å²) in [6.45, 7) is 3.10. The van der Waals surface area contributed by atoms with Crippen LogP contribution in [0.1, 0.15) is 40.9 Å². The number of anilines is 1. The van der Waals surface area contributed by atoms with E-state index in [4.69, 9.17) is 4.74 Å². The molecule has 0 spiro atoms. The number of amides is 1. The van der Waals surface area contributed by atoms with Crippen molar-refractivity contribution >= 4 is 11.7 Å². The molecule has 170 valence electrons. The van der Waals surface area contributed by atoms with Gasteiger partial charge in [0.05, 0.1) is 18.3 Å². The number of carbonyl (C=O) groups is 1. The minimum atomic E-state index is 0.0651. The van der Waals surface area contributed by atoms with E-state index in [2.05, 4.69) is 27.0 Å². The molecule has 0 N–H and O–H groups in total. The summed E-state index contributed by atoms with van der Waals surface area (Å²) in [5.41, 5.74) is 5.16. The summed E-state index contributed by atoms with van der Waals surface area (Å²) in [4.78, 5) is 27.0. The fraction of sp³-hybridized carbons (Fsp3) is 0.370. The van der Waals surface area contributed by atoms with Crippen LogP contribution in [0.25, 0.3) is 11.1 Å². The van der Waals surface area contributed by atoms with Gasteiger partial charge < -0.3 is 14.5 Å². The highest BCUT2D eigenvalue weighted by molar-refractivity contribution is 5.94. The van der Waals surface area contributed by atoms with Gasteiger partial charge in [-0.3, -0.25) is 4.79 Å². The van der Waals surface area contributed by atoms with Crippen molar-refractivity contribution in [2.24, 2.45) is 0 Å². The van der Waals surface area contributed by atoms with E-state index in [0.717, 1.165) is 79.1 Å². The zero-order valence-electron chi connectivity index (χ0n) is 19.1. The molecule has 5 rings (SSSR count). The van der Waals surface area contributed by atoms with Gasteiger partial charge in [0.15, 0.2) is 0 Å². The van der Waals surface area contributed by atoms with Crippen molar-refractivity contribution in [2.75, 3.05) is 31.6 Å². The lowest BCUT2D eigenvalue weighted by Crippen LogP contribution is -2.38. The number of hydrogen-bond donors (Lipinski definition) is 0. The first kappa shape index (κ1) is 21.6. The Kier molecular flexibility index (Phi) is 6.35. The van der Waals surface area contributed by atoms with Crippen molar-refractivity contribution in [3.8, 4) is 11.1 Å². The molecule has 0 saturated carbocycles. The minimum absolute atomic E-state index is 0.0651. The van der Waals surface area contributed by atoms with E-state index >= 15 is 0 Å². The van der Waals surface area contributed by atoms with Crippen LogP contribution >= 0.6 is 0 Å². The van der Waals surface area contributed by atoms with Crippen LogP contribution in [0.2, 0.25) is 0 Å². The molecule has 2 aliphatic rings. The standard InChI is InChI=1S/C27H30N4O2/c1-33-23-13-16-30(17-14-23)26-24-18-31(15-5-8-25(24)28-19-29-26)27(32)22-11-9-21(10-12-22)20-6-3-2-4-7-20/h2-4,6-7,9-12,19,23H,5,8,13-18H2,1H3. The number of nitrogens with zero attached hydrogens (tertiary/aromatic N) is 4. The number of piperidine rings is 1. The number of hydrogen-bond acceptors (Lipinski definition) is 5. The monoisotopic (exact) mass is 442 g/mol. The summed E-state index contributed by atoms with van der Waals surface area (Å²) in [6, 6.07) is 18.2. The Balaban J connectivity index is 1.36. The molecule has 6 nitrogen and oxygen atoms in total. The molecule has 0 atom stereocenters. The van der Waals surface area contributed by atoms with Gasteiger partial charge in [0, 0.05) is 37.9 Å². The van der Waals surface area contributed by atoms with E-state index in [1.54, 1.807) is 13.4 Å². The molecular weight excluding hydrogens is 412 g/mol. The molecule has 0 unspecified atom stereocenters. The number of rotatable bonds is 4. The minimum Gasteiger partial charge on any atom is -0.381 e. The van der Waals surface area contributed by atoms with Crippen LogP contribution in [-0.2, 0) is 17.7 Å². The number of aryl methyl sites for hydroxylation is 1. The van der Waals surface area contributed by atoms with Gasteiger partial charge in [-0.1, -0.05) is 42.5 Å². The predicted molar refractivity (Wildman–Crippen MR) is 129 cm³/mol. The second-order valence-corrected chi connectivity index (χ2v) is 8.82. The fourth-order valence-electron chi connectivity index (χ4n) is 4.89. The van der Waals surface area contributed by atoms with E-state index in [0.29, 0.717) is 12.6 Å². The fourth-order valence-corrected chi connectivity index (χ4v) is 4.89. The van der Waals surface area contributed by atoms with Gasteiger partial charge in [0.2, 0.25) is 0 Å². The molecule has 0 radical (unpaired) electrons. The third-order valence-corrected chi connectivity index (χ3v) is 6.80. The summed E-state index contributed by atoms with van der Waals surface area (Å²) >= 11 is 0. The Morgan fingerprint density at radius 2 is 1.67 bits per heavy atom. The van der Waals surface area contributed by atoms with Gasteiger partial charge in [-0.05, 0) is 48.9 Å². The van der Waals surface area contributed by atoms with Gasteiger partial charge in [-0.25, -0.2) is 9.97 Å². The molecule has 1 saturated heterocycles. The Morgan fingerprint density at radius 1 is 0.939 bits per heavy atom. The zero-order chi connectivity index (χ0) is 22.6. The molecule has 2 aromatic carbocycles. The average molecular weight is 443 g/mol. The van der Waals surface area contributed by atoms with Crippen molar-refractivity contribution < 1.29 is 9.53 Å². The molecular formula is C27H30N4O2. The van der Waals surface area contributed by atoms with Crippen LogP contribution in [0.3, 0.4) is 0 Å². The Labute approximate surface area is 195 Å². The number of fused-ring (bicyclic) bond motifs is 1. The van der Waals surface area contributed by atoms with Crippen LogP contribution in [0.5, 0.6) is 0 Å². The van der Waals surface area contributed by atoms with Crippen molar-refractivity contribution in [3.63, 3.8) is 0 Å². The molecule has 3 heterocycles. The first-order chi connectivity index (χ1) is 16.2. The third kappa shape index (κ3) is 4.62. The topological polar surface area (TPSA) is 58.6 Å². The summed E-state index contributed by atoms with van der Waals surface area (Å²) in [6.07, 6.45) is 5.76. The Morgan fingerprint density at radius 3 is 2.39 bits per heavy atom. The Bertz CT molecular complexity index is 1090. The maximum absolute atomic E-state index is 13.4. The van der Waals surface area contributed by atoms with Gasteiger partial charge in [0.1, 0.15) is 12.1 Å². The first-order valence-corrected chi connectivity index (χ1v) is 11.8. The lowest BCUT2D eigenvalue weighted by molar-refractivity contribution is 0.0745. The maximum Gasteiger partial charge on any atom is 0.254 e. The van der Waals surface area contributed by atoms with Crippen molar-refractivity contribution in [2.45, 2.75) is 38.3 Å². The Hall–Kier alpha value is -3.25. The normalized spacial score (nSPS) is 16.9. The van der Waals surface area contributed by atoms with Crippen LogP contribution in [0.15, 0.2) is 60.9 Å². The number of aromatic nitrogens is 2. The highest BCUT2D eigenvalue weighted by atomic mass is 16.5. The van der Waals surface area contributed by atoms with Crippen molar-refractivity contribution in [1.82, 2.24) is 14.9 Å². The lowest BCUT2D eigenvalue weighted by atomic mass is 10.0. The molecule has 0 bridgehead atoms. The van der Waals surface area contributed by atoms with Gasteiger partial charge in [-0.2, -0.15) is 0 Å². The van der Waals surface area contributed by atoms with E-state index < -0.39 is 0 Å². The predicted octanol–water partition coefficient (Wildman–Crippen LogP) is 4.35. The molecule has 33 heavy (non-hydrogen) atoms. The highest BCUT2D eigenvalue weighted by Crippen LogP contribution is 2.29. The van der Waals surface area contributed by atoms with Crippen LogP contribution < -0.4 is 4.90 Å². The van der Waals surface area contributed by atoms with E-state index in [9.17, 15) is 4.79 Å². The van der Waals surface area contributed by atoms with Crippen LogP contribution in [0, 0.1) is 0 Å². The molecule has 1 amide bonds. The molecule has 6 heteroatoms. The zero-order valence-corrected chi connectivity index (χ0v) is 19.1. The third-order valence-electron chi connectivity index (χ3n) is 6.80. The van der Waals surface area contributed by atoms with Gasteiger partial charge in [-0.15, -0.1) is 0 Å². The van der Waals surface area contributed by atoms with Crippen LogP contribution in [-0.4, -0.2) is 53.6 Å². The van der Waals surface area contributed by atoms with Gasteiger partial charge in [0.25, 0.3) is 5.91 Å². The summed E-state index contributed by atoms with van der Waals surface area (Å²) in [7, 11) is 1.78. The smallest absolute Gasteiger partial charge is 0.254 e. The molecule has 1 aromatic heterocycles. The van der Waals surface area contributed by atoms with E-state index in [-0.39, 0.29) is 5.91 Å². The second-order valence-electron chi connectivity index (χ2n) is 8.82. The average Bonchev–Trinajstić information content (AvgIpc) is 3.11. The quantitative estimate of drug-likeness (QED) is 0.601. The molecule has 1 fully saturated rings. The lowest BCUT2D eigenvalue weighted by Gasteiger charge is -2.34. The highest BCUT2D eigenvalue weighted by Gasteiger charge is 2.27. The van der Waals surface area contributed by atoms with Crippen LogP contribution in [0.4, 0.5) is 5.82 Å². The summed E-state index contributed by atoms with van der Waals surface area (Å²) in [5.74, 6) is 1.05. The number of ether oxygens (including phenoxy) is 1. The van der Waals surface area contributed by atoms with Crippen molar-refractivity contribution in [1.29, 1.82) is 0 Å². The summed E-state index contributed by atoms with van der Waals surface area (Å²) < 4.78 is 5.53.